The van der Waals surface area contributed by atoms with Crippen LogP contribution in [0.3, 0.4) is 0 Å². The van der Waals surface area contributed by atoms with Crippen molar-refractivity contribution in [2.24, 2.45) is 7.05 Å². The monoisotopic (exact) mass is 326 g/mol. The number of nitrogens with zero attached hydrogens (tertiary/aromatic N) is 7. The van der Waals surface area contributed by atoms with Crippen LogP contribution in [0.15, 0.2) is 18.9 Å². The van der Waals surface area contributed by atoms with Crippen molar-refractivity contribution in [3.63, 3.8) is 0 Å². The topological polar surface area (TPSA) is 86.3 Å². The van der Waals surface area contributed by atoms with E-state index >= 15 is 0 Å². The third-order valence-electron chi connectivity index (χ3n) is 4.64. The van der Waals surface area contributed by atoms with Crippen LogP contribution in [0.4, 0.5) is 5.82 Å². The Kier molecular flexibility index (Phi) is 3.87. The molecule has 3 aromatic heterocycles. The van der Waals surface area contributed by atoms with Gasteiger partial charge in [-0.1, -0.05) is 12.8 Å². The molecule has 8 heteroatoms. The van der Waals surface area contributed by atoms with Crippen LogP contribution in [0, 0.1) is 0 Å². The quantitative estimate of drug-likeness (QED) is 0.773. The zero-order chi connectivity index (χ0) is 16.5. The fourth-order valence-electron chi connectivity index (χ4n) is 3.40. The summed E-state index contributed by atoms with van der Waals surface area (Å²) in [5, 5.41) is 13.0. The lowest BCUT2D eigenvalue weighted by Gasteiger charge is -2.17. The summed E-state index contributed by atoms with van der Waals surface area (Å²) in [5.41, 5.74) is 0.891. The van der Waals surface area contributed by atoms with Crippen LogP contribution >= 0.6 is 0 Å². The van der Waals surface area contributed by atoms with Gasteiger partial charge in [0.1, 0.15) is 24.3 Å². The van der Waals surface area contributed by atoms with Crippen molar-refractivity contribution in [1.82, 2.24) is 34.5 Å². The molecule has 1 N–H and O–H groups in total. The average molecular weight is 326 g/mol. The second kappa shape index (κ2) is 6.18. The summed E-state index contributed by atoms with van der Waals surface area (Å²) in [7, 11) is 1.93. The number of aryl methyl sites for hydroxylation is 1. The van der Waals surface area contributed by atoms with Gasteiger partial charge in [-0.15, -0.1) is 0 Å². The Hall–Kier alpha value is -2.51. The molecule has 3 heterocycles. The average Bonchev–Trinajstić information content (AvgIpc) is 3.30. The maximum Gasteiger partial charge on any atom is 0.163 e. The fourth-order valence-corrected chi connectivity index (χ4v) is 3.40. The Labute approximate surface area is 140 Å². The fraction of sp³-hybridized carbons (Fsp3) is 0.562. The van der Waals surface area contributed by atoms with E-state index in [0.717, 1.165) is 29.2 Å². The molecule has 1 fully saturated rings. The minimum absolute atomic E-state index is 0.168. The van der Waals surface area contributed by atoms with Crippen molar-refractivity contribution in [1.29, 1.82) is 0 Å². The van der Waals surface area contributed by atoms with E-state index in [9.17, 15) is 0 Å². The third-order valence-corrected chi connectivity index (χ3v) is 4.64. The first-order valence-corrected chi connectivity index (χ1v) is 8.49. The van der Waals surface area contributed by atoms with Gasteiger partial charge in [-0.05, 0) is 19.8 Å². The lowest BCUT2D eigenvalue weighted by atomic mass is 10.1. The van der Waals surface area contributed by atoms with Gasteiger partial charge in [0.05, 0.1) is 18.1 Å². The Balaban J connectivity index is 1.65. The number of nitrogens with one attached hydrogen (secondary N) is 1. The zero-order valence-corrected chi connectivity index (χ0v) is 14.1. The van der Waals surface area contributed by atoms with Crippen molar-refractivity contribution >= 4 is 16.9 Å². The second-order valence-electron chi connectivity index (χ2n) is 6.58. The number of hydrogen-bond acceptors (Lipinski definition) is 6. The molecule has 0 unspecified atom stereocenters. The zero-order valence-electron chi connectivity index (χ0n) is 14.1. The van der Waals surface area contributed by atoms with Gasteiger partial charge < -0.3 is 5.32 Å². The Bertz CT molecular complexity index is 816. The number of hydrogen-bond donors (Lipinski definition) is 1. The molecule has 0 radical (unpaired) electrons. The van der Waals surface area contributed by atoms with E-state index in [0.29, 0.717) is 5.92 Å². The second-order valence-corrected chi connectivity index (χ2v) is 6.58. The molecular weight excluding hydrogens is 304 g/mol. The highest BCUT2D eigenvalue weighted by atomic mass is 15.3. The molecule has 24 heavy (non-hydrogen) atoms. The molecule has 0 spiro atoms. The summed E-state index contributed by atoms with van der Waals surface area (Å²) < 4.78 is 3.64. The molecule has 1 atom stereocenters. The van der Waals surface area contributed by atoms with E-state index in [1.54, 1.807) is 12.7 Å². The Morgan fingerprint density at radius 1 is 1.25 bits per heavy atom. The van der Waals surface area contributed by atoms with Crippen LogP contribution in [0.2, 0.25) is 0 Å². The minimum Gasteiger partial charge on any atom is -0.365 e. The highest BCUT2D eigenvalue weighted by Crippen LogP contribution is 2.34. The van der Waals surface area contributed by atoms with Crippen molar-refractivity contribution in [3.05, 3.63) is 24.7 Å². The summed E-state index contributed by atoms with van der Waals surface area (Å²) in [6.07, 6.45) is 10.00. The molecule has 0 aromatic carbocycles. The van der Waals surface area contributed by atoms with Gasteiger partial charge in [-0.25, -0.2) is 15.0 Å². The largest absolute Gasteiger partial charge is 0.365 e. The van der Waals surface area contributed by atoms with E-state index in [1.807, 2.05) is 22.6 Å². The van der Waals surface area contributed by atoms with E-state index < -0.39 is 0 Å². The van der Waals surface area contributed by atoms with Crippen LogP contribution in [-0.2, 0) is 13.6 Å². The summed E-state index contributed by atoms with van der Waals surface area (Å²) in [6.45, 7) is 2.84. The predicted octanol–water partition coefficient (Wildman–Crippen LogP) is 2.11. The van der Waals surface area contributed by atoms with Crippen molar-refractivity contribution in [2.45, 2.75) is 51.1 Å². The summed E-state index contributed by atoms with van der Waals surface area (Å²) >= 11 is 0. The van der Waals surface area contributed by atoms with Gasteiger partial charge in [0.25, 0.3) is 0 Å². The Morgan fingerprint density at radius 3 is 2.83 bits per heavy atom. The maximum atomic E-state index is 4.84. The molecule has 126 valence electrons. The first-order chi connectivity index (χ1) is 11.7. The van der Waals surface area contributed by atoms with Gasteiger partial charge in [-0.3, -0.25) is 9.36 Å². The van der Waals surface area contributed by atoms with Crippen molar-refractivity contribution in [3.8, 4) is 0 Å². The maximum absolute atomic E-state index is 4.84. The van der Waals surface area contributed by atoms with Crippen LogP contribution in [0.5, 0.6) is 0 Å². The standard InChI is InChI=1S/C16H22N8/c1-11(8-24-10-17-9-19-24)20-15-13-7-18-23(2)16(13)22-14(21-15)12-5-3-4-6-12/h7,9-12H,3-6,8H2,1-2H3,(H,20,21,22)/t11-/m1/s1. The van der Waals surface area contributed by atoms with Crippen molar-refractivity contribution in [2.75, 3.05) is 5.32 Å². The van der Waals surface area contributed by atoms with E-state index in [1.165, 1.54) is 25.7 Å². The first-order valence-electron chi connectivity index (χ1n) is 8.49. The van der Waals surface area contributed by atoms with Crippen LogP contribution in [0.1, 0.15) is 44.3 Å². The molecule has 8 nitrogen and oxygen atoms in total. The third kappa shape index (κ3) is 2.83. The summed E-state index contributed by atoms with van der Waals surface area (Å²) in [5.74, 6) is 2.28. The van der Waals surface area contributed by atoms with Crippen LogP contribution < -0.4 is 5.32 Å². The number of aromatic nitrogens is 7. The van der Waals surface area contributed by atoms with E-state index in [4.69, 9.17) is 9.97 Å². The smallest absolute Gasteiger partial charge is 0.163 e. The summed E-state index contributed by atoms with van der Waals surface area (Å²) in [6, 6.07) is 0.168. The normalized spacial score (nSPS) is 16.8. The van der Waals surface area contributed by atoms with Gasteiger partial charge in [-0.2, -0.15) is 10.2 Å². The molecule has 1 aliphatic rings. The lowest BCUT2D eigenvalue weighted by molar-refractivity contribution is 0.558. The molecule has 0 bridgehead atoms. The number of anilines is 1. The molecule has 1 aliphatic carbocycles. The molecule has 0 saturated heterocycles. The van der Waals surface area contributed by atoms with E-state index in [2.05, 4.69) is 27.4 Å². The highest BCUT2D eigenvalue weighted by molar-refractivity contribution is 5.86. The van der Waals surface area contributed by atoms with Crippen molar-refractivity contribution < 1.29 is 0 Å². The molecule has 0 amide bonds. The van der Waals surface area contributed by atoms with E-state index in [-0.39, 0.29) is 6.04 Å². The first kappa shape index (κ1) is 15.0. The molecular formula is C16H22N8. The minimum atomic E-state index is 0.168. The van der Waals surface area contributed by atoms with Gasteiger partial charge >= 0.3 is 0 Å². The Morgan fingerprint density at radius 2 is 2.08 bits per heavy atom. The molecule has 0 aliphatic heterocycles. The molecule has 1 saturated carbocycles. The lowest BCUT2D eigenvalue weighted by Crippen LogP contribution is -2.23. The summed E-state index contributed by atoms with van der Waals surface area (Å²) in [4.78, 5) is 13.6. The van der Waals surface area contributed by atoms with Crippen LogP contribution in [-0.4, -0.2) is 40.6 Å². The molecule has 3 aromatic rings. The predicted molar refractivity (Wildman–Crippen MR) is 90.6 cm³/mol. The SMILES string of the molecule is C[C@H](Cn1cncn1)Nc1nc(C2CCCC2)nc2c1cnn2C. The van der Waals surface area contributed by atoms with Crippen LogP contribution in [0.25, 0.3) is 11.0 Å². The number of fused-ring (bicyclic) bond motifs is 1. The van der Waals surface area contributed by atoms with Gasteiger partial charge in [0, 0.05) is 19.0 Å². The van der Waals surface area contributed by atoms with Gasteiger partial charge in [0.2, 0.25) is 0 Å². The van der Waals surface area contributed by atoms with Gasteiger partial charge in [0.15, 0.2) is 5.65 Å². The number of rotatable bonds is 5. The molecule has 4 rings (SSSR count). The highest BCUT2D eigenvalue weighted by Gasteiger charge is 2.22.